The van der Waals surface area contributed by atoms with Crippen LogP contribution in [0.5, 0.6) is 0 Å². The van der Waals surface area contributed by atoms with E-state index in [2.05, 4.69) is 14.7 Å². The van der Waals surface area contributed by atoms with Crippen molar-refractivity contribution in [1.82, 2.24) is 10.1 Å². The van der Waals surface area contributed by atoms with Crippen LogP contribution in [0.3, 0.4) is 0 Å². The molecule has 1 saturated heterocycles. The molecule has 1 aromatic rings. The number of aromatic nitrogens is 2. The number of hydrogen-bond donors (Lipinski definition) is 0. The van der Waals surface area contributed by atoms with Gasteiger partial charge in [0.15, 0.2) is 5.78 Å². The van der Waals surface area contributed by atoms with E-state index in [1.165, 1.54) is 11.8 Å². The SMILES string of the molecule is O=C1CSCC1c1nc(C(F)(F)F)no1. The fourth-order valence-electron chi connectivity index (χ4n) is 1.17. The summed E-state index contributed by atoms with van der Waals surface area (Å²) >= 11 is 1.34. The lowest BCUT2D eigenvalue weighted by molar-refractivity contribution is -0.146. The number of halogens is 3. The Morgan fingerprint density at radius 1 is 1.47 bits per heavy atom. The molecule has 0 saturated carbocycles. The smallest absolute Gasteiger partial charge is 0.338 e. The molecule has 0 aliphatic carbocycles. The monoisotopic (exact) mass is 238 g/mol. The van der Waals surface area contributed by atoms with Crippen LogP contribution in [-0.4, -0.2) is 27.4 Å². The van der Waals surface area contributed by atoms with Gasteiger partial charge in [0.25, 0.3) is 5.82 Å². The van der Waals surface area contributed by atoms with E-state index in [1.807, 2.05) is 0 Å². The molecule has 1 aliphatic heterocycles. The molecular formula is C7H5F3N2O2S. The van der Waals surface area contributed by atoms with Crippen LogP contribution in [0.4, 0.5) is 13.2 Å². The maximum absolute atomic E-state index is 12.1. The molecule has 1 aliphatic rings. The molecule has 0 radical (unpaired) electrons. The number of hydrogen-bond acceptors (Lipinski definition) is 5. The van der Waals surface area contributed by atoms with Crippen molar-refractivity contribution in [3.63, 3.8) is 0 Å². The lowest BCUT2D eigenvalue weighted by atomic mass is 10.1. The van der Waals surface area contributed by atoms with Gasteiger partial charge >= 0.3 is 6.18 Å². The first kappa shape index (κ1) is 10.5. The molecule has 4 nitrogen and oxygen atoms in total. The number of Topliss-reactive ketones (excluding diaryl/α,β-unsaturated/α-hetero) is 1. The molecule has 0 N–H and O–H groups in total. The number of carbonyl (C=O) groups is 1. The van der Waals surface area contributed by atoms with Crippen molar-refractivity contribution in [2.75, 3.05) is 11.5 Å². The minimum absolute atomic E-state index is 0.169. The Labute approximate surface area is 86.2 Å². The van der Waals surface area contributed by atoms with E-state index in [4.69, 9.17) is 0 Å². The van der Waals surface area contributed by atoms with Crippen molar-refractivity contribution in [2.24, 2.45) is 0 Å². The van der Waals surface area contributed by atoms with Crippen LogP contribution in [0.2, 0.25) is 0 Å². The normalized spacial score (nSPS) is 22.3. The second-order valence-electron chi connectivity index (χ2n) is 2.99. The number of rotatable bonds is 1. The molecule has 15 heavy (non-hydrogen) atoms. The highest BCUT2D eigenvalue weighted by Gasteiger charge is 2.39. The molecule has 8 heteroatoms. The number of thioether (sulfide) groups is 1. The molecule has 1 atom stereocenters. The highest BCUT2D eigenvalue weighted by molar-refractivity contribution is 8.00. The molecule has 82 valence electrons. The van der Waals surface area contributed by atoms with E-state index in [-0.39, 0.29) is 17.4 Å². The van der Waals surface area contributed by atoms with E-state index in [1.54, 1.807) is 0 Å². The predicted molar refractivity (Wildman–Crippen MR) is 44.4 cm³/mol. The quantitative estimate of drug-likeness (QED) is 0.741. The zero-order valence-corrected chi connectivity index (χ0v) is 8.06. The van der Waals surface area contributed by atoms with Gasteiger partial charge in [-0.25, -0.2) is 0 Å². The number of nitrogens with zero attached hydrogens (tertiary/aromatic N) is 2. The number of alkyl halides is 3. The largest absolute Gasteiger partial charge is 0.455 e. The maximum atomic E-state index is 12.1. The van der Waals surface area contributed by atoms with Gasteiger partial charge in [-0.2, -0.15) is 29.9 Å². The van der Waals surface area contributed by atoms with Crippen LogP contribution in [0.1, 0.15) is 17.6 Å². The van der Waals surface area contributed by atoms with Gasteiger partial charge in [0.1, 0.15) is 5.92 Å². The van der Waals surface area contributed by atoms with Gasteiger partial charge in [-0.05, 0) is 0 Å². The summed E-state index contributed by atoms with van der Waals surface area (Å²) in [6.07, 6.45) is -4.63. The predicted octanol–water partition coefficient (Wildman–Crippen LogP) is 1.49. The Morgan fingerprint density at radius 2 is 2.20 bits per heavy atom. The van der Waals surface area contributed by atoms with Crippen LogP contribution < -0.4 is 0 Å². The van der Waals surface area contributed by atoms with Gasteiger partial charge in [0, 0.05) is 5.75 Å². The molecule has 0 spiro atoms. The highest BCUT2D eigenvalue weighted by Crippen LogP contribution is 2.31. The van der Waals surface area contributed by atoms with Gasteiger partial charge < -0.3 is 4.52 Å². The molecule has 1 fully saturated rings. The molecule has 2 heterocycles. The summed E-state index contributed by atoms with van der Waals surface area (Å²) in [6, 6.07) is 0. The van der Waals surface area contributed by atoms with E-state index in [0.717, 1.165) is 0 Å². The van der Waals surface area contributed by atoms with Gasteiger partial charge in [0.05, 0.1) is 5.75 Å². The Kier molecular flexibility index (Phi) is 2.45. The van der Waals surface area contributed by atoms with E-state index < -0.39 is 17.9 Å². The van der Waals surface area contributed by atoms with Crippen molar-refractivity contribution < 1.29 is 22.5 Å². The molecule has 0 amide bonds. The first-order valence-electron chi connectivity index (χ1n) is 4.00. The average Bonchev–Trinajstić information content (AvgIpc) is 2.69. The van der Waals surface area contributed by atoms with Crippen LogP contribution in [0.15, 0.2) is 4.52 Å². The third-order valence-electron chi connectivity index (χ3n) is 1.91. The zero-order valence-electron chi connectivity index (χ0n) is 7.24. The van der Waals surface area contributed by atoms with Crippen LogP contribution in [0, 0.1) is 0 Å². The summed E-state index contributed by atoms with van der Waals surface area (Å²) in [5, 5.41) is 2.79. The minimum atomic E-state index is -4.63. The second-order valence-corrected chi connectivity index (χ2v) is 4.02. The molecule has 1 unspecified atom stereocenters. The van der Waals surface area contributed by atoms with Crippen molar-refractivity contribution in [1.29, 1.82) is 0 Å². The fourth-order valence-corrected chi connectivity index (χ4v) is 2.26. The van der Waals surface area contributed by atoms with E-state index >= 15 is 0 Å². The van der Waals surface area contributed by atoms with Crippen molar-refractivity contribution in [3.8, 4) is 0 Å². The highest BCUT2D eigenvalue weighted by atomic mass is 32.2. The summed E-state index contributed by atoms with van der Waals surface area (Å²) < 4.78 is 40.8. The maximum Gasteiger partial charge on any atom is 0.455 e. The summed E-state index contributed by atoms with van der Waals surface area (Å²) in [5.41, 5.74) is 0. The Balaban J connectivity index is 2.24. The third-order valence-corrected chi connectivity index (χ3v) is 2.97. The van der Waals surface area contributed by atoms with Crippen LogP contribution >= 0.6 is 11.8 Å². The number of ketones is 1. The van der Waals surface area contributed by atoms with Gasteiger partial charge in [0.2, 0.25) is 5.89 Å². The number of carbonyl (C=O) groups excluding carboxylic acids is 1. The van der Waals surface area contributed by atoms with Gasteiger partial charge in [-0.3, -0.25) is 4.79 Å². The second kappa shape index (κ2) is 3.51. The van der Waals surface area contributed by atoms with Crippen molar-refractivity contribution in [3.05, 3.63) is 11.7 Å². The topological polar surface area (TPSA) is 56.0 Å². The van der Waals surface area contributed by atoms with E-state index in [9.17, 15) is 18.0 Å². The third kappa shape index (κ3) is 1.99. The van der Waals surface area contributed by atoms with Crippen LogP contribution in [-0.2, 0) is 11.0 Å². The lowest BCUT2D eigenvalue weighted by Gasteiger charge is -1.98. The molecule has 1 aromatic heterocycles. The summed E-state index contributed by atoms with van der Waals surface area (Å²) in [4.78, 5) is 14.4. The molecule has 0 aromatic carbocycles. The Morgan fingerprint density at radius 3 is 2.67 bits per heavy atom. The summed E-state index contributed by atoms with van der Waals surface area (Å²) in [7, 11) is 0. The lowest BCUT2D eigenvalue weighted by Crippen LogP contribution is -2.11. The van der Waals surface area contributed by atoms with Gasteiger partial charge in [-0.15, -0.1) is 0 Å². The molecular weight excluding hydrogens is 233 g/mol. The molecule has 0 bridgehead atoms. The Bertz CT molecular complexity index is 390. The van der Waals surface area contributed by atoms with E-state index in [0.29, 0.717) is 5.75 Å². The standard InChI is InChI=1S/C7H5F3N2O2S/c8-7(9,10)6-11-5(14-12-6)3-1-15-2-4(3)13/h3H,1-2H2. The average molecular weight is 238 g/mol. The first-order chi connectivity index (χ1) is 6.98. The molecule has 2 rings (SSSR count). The zero-order chi connectivity index (χ0) is 11.1. The minimum Gasteiger partial charge on any atom is -0.338 e. The van der Waals surface area contributed by atoms with Crippen LogP contribution in [0.25, 0.3) is 0 Å². The Hall–Kier alpha value is -1.05. The summed E-state index contributed by atoms with van der Waals surface area (Å²) in [6.45, 7) is 0. The first-order valence-corrected chi connectivity index (χ1v) is 5.15. The summed E-state index contributed by atoms with van der Waals surface area (Å²) in [5.74, 6) is -1.73. The van der Waals surface area contributed by atoms with Gasteiger partial charge in [-0.1, -0.05) is 5.16 Å². The van der Waals surface area contributed by atoms with Crippen molar-refractivity contribution in [2.45, 2.75) is 12.1 Å². The fraction of sp³-hybridized carbons (Fsp3) is 0.571. The van der Waals surface area contributed by atoms with Crippen molar-refractivity contribution >= 4 is 17.5 Å².